The van der Waals surface area contributed by atoms with Crippen LogP contribution in [0.15, 0.2) is 78.9 Å². The highest BCUT2D eigenvalue weighted by molar-refractivity contribution is 5.79. The summed E-state index contributed by atoms with van der Waals surface area (Å²) in [5.41, 5.74) is 4.59. The highest BCUT2D eigenvalue weighted by Crippen LogP contribution is 2.23. The summed E-state index contributed by atoms with van der Waals surface area (Å²) >= 11 is 0. The van der Waals surface area contributed by atoms with E-state index in [-0.39, 0.29) is 11.8 Å². The Morgan fingerprint density at radius 1 is 0.972 bits per heavy atom. The summed E-state index contributed by atoms with van der Waals surface area (Å²) in [4.78, 5) is 20.3. The summed E-state index contributed by atoms with van der Waals surface area (Å²) in [6.45, 7) is 3.91. The molecule has 2 heterocycles. The van der Waals surface area contributed by atoms with Crippen molar-refractivity contribution in [3.05, 3.63) is 95.8 Å². The molecule has 1 atom stereocenters. The van der Waals surface area contributed by atoms with E-state index in [0.717, 1.165) is 68.0 Å². The molecule has 1 saturated heterocycles. The van der Waals surface area contributed by atoms with Gasteiger partial charge in [-0.1, -0.05) is 54.6 Å². The topological polar surface area (TPSA) is 59.4 Å². The van der Waals surface area contributed by atoms with Crippen LogP contribution < -0.4 is 10.1 Å². The lowest BCUT2D eigenvalue weighted by Crippen LogP contribution is -2.43. The van der Waals surface area contributed by atoms with Gasteiger partial charge in [-0.3, -0.25) is 9.69 Å². The number of rotatable bonds is 9. The Labute approximate surface area is 212 Å². The molecule has 1 amide bonds. The van der Waals surface area contributed by atoms with Gasteiger partial charge in [-0.15, -0.1) is 0 Å². The fraction of sp³-hybridized carbons (Fsp3) is 0.333. The number of amides is 1. The van der Waals surface area contributed by atoms with Gasteiger partial charge in [0.2, 0.25) is 5.91 Å². The maximum Gasteiger partial charge on any atom is 0.224 e. The lowest BCUT2D eigenvalue weighted by Gasteiger charge is -2.31. The van der Waals surface area contributed by atoms with Gasteiger partial charge in [0, 0.05) is 19.6 Å². The normalized spacial score (nSPS) is 16.2. The van der Waals surface area contributed by atoms with Crippen molar-refractivity contribution in [3.8, 4) is 5.75 Å². The Morgan fingerprint density at radius 3 is 2.56 bits per heavy atom. The largest absolute Gasteiger partial charge is 0.497 e. The molecule has 0 saturated carbocycles. The average molecular weight is 483 g/mol. The number of carbonyl (C=O) groups excluding carboxylic acids is 1. The zero-order chi connectivity index (χ0) is 24.7. The van der Waals surface area contributed by atoms with Crippen LogP contribution in [0, 0.1) is 5.92 Å². The molecule has 0 unspecified atom stereocenters. The second-order valence-corrected chi connectivity index (χ2v) is 9.55. The molecule has 6 heteroatoms. The molecule has 6 nitrogen and oxygen atoms in total. The van der Waals surface area contributed by atoms with E-state index in [2.05, 4.69) is 57.2 Å². The Hall–Kier alpha value is -3.64. The Bertz CT molecular complexity index is 1280. The SMILES string of the molecule is COc1ccc(Cn2c(CN3CCC[C@@H](C(=O)NCCc4ccccc4)C3)nc3ccccc32)cc1. The quantitative estimate of drug-likeness (QED) is 0.377. The Kier molecular flexibility index (Phi) is 7.62. The number of hydrogen-bond acceptors (Lipinski definition) is 4. The summed E-state index contributed by atoms with van der Waals surface area (Å²) < 4.78 is 7.62. The first-order valence-corrected chi connectivity index (χ1v) is 12.8. The molecule has 1 aromatic heterocycles. The molecule has 0 spiro atoms. The van der Waals surface area contributed by atoms with Gasteiger partial charge in [0.1, 0.15) is 11.6 Å². The summed E-state index contributed by atoms with van der Waals surface area (Å²) in [6.07, 6.45) is 2.82. The van der Waals surface area contributed by atoms with E-state index in [1.54, 1.807) is 7.11 Å². The zero-order valence-corrected chi connectivity index (χ0v) is 20.9. The van der Waals surface area contributed by atoms with Gasteiger partial charge in [-0.2, -0.15) is 0 Å². The number of likely N-dealkylation sites (tertiary alicyclic amines) is 1. The van der Waals surface area contributed by atoms with Gasteiger partial charge in [0.15, 0.2) is 0 Å². The number of para-hydroxylation sites is 2. The number of imidazole rings is 1. The molecule has 5 rings (SSSR count). The number of fused-ring (bicyclic) bond motifs is 1. The number of ether oxygens (including phenoxy) is 1. The lowest BCUT2D eigenvalue weighted by atomic mass is 9.97. The van der Waals surface area contributed by atoms with E-state index >= 15 is 0 Å². The maximum atomic E-state index is 12.9. The maximum absolute atomic E-state index is 12.9. The summed E-state index contributed by atoms with van der Waals surface area (Å²) in [7, 11) is 1.69. The molecule has 0 radical (unpaired) electrons. The monoisotopic (exact) mass is 482 g/mol. The zero-order valence-electron chi connectivity index (χ0n) is 20.9. The number of aromatic nitrogens is 2. The number of methoxy groups -OCH3 is 1. The third-order valence-electron chi connectivity index (χ3n) is 7.03. The van der Waals surface area contributed by atoms with Crippen LogP contribution in [-0.2, 0) is 24.3 Å². The van der Waals surface area contributed by atoms with Crippen molar-refractivity contribution in [2.24, 2.45) is 5.92 Å². The van der Waals surface area contributed by atoms with Crippen LogP contribution in [-0.4, -0.2) is 47.1 Å². The molecule has 1 N–H and O–H groups in total. The van der Waals surface area contributed by atoms with Gasteiger partial charge < -0.3 is 14.6 Å². The molecule has 36 heavy (non-hydrogen) atoms. The molecule has 1 fully saturated rings. The number of benzene rings is 3. The second kappa shape index (κ2) is 11.4. The van der Waals surface area contributed by atoms with Crippen molar-refractivity contribution in [1.29, 1.82) is 0 Å². The smallest absolute Gasteiger partial charge is 0.224 e. The van der Waals surface area contributed by atoms with Crippen LogP contribution >= 0.6 is 0 Å². The Morgan fingerprint density at radius 2 is 1.75 bits per heavy atom. The van der Waals surface area contributed by atoms with Crippen LogP contribution in [0.2, 0.25) is 0 Å². The van der Waals surface area contributed by atoms with Crippen LogP contribution in [0.4, 0.5) is 0 Å². The second-order valence-electron chi connectivity index (χ2n) is 9.55. The van der Waals surface area contributed by atoms with Gasteiger partial charge >= 0.3 is 0 Å². The summed E-state index contributed by atoms with van der Waals surface area (Å²) in [5, 5.41) is 3.16. The number of carbonyl (C=O) groups is 1. The fourth-order valence-electron chi connectivity index (χ4n) is 5.07. The van der Waals surface area contributed by atoms with E-state index < -0.39 is 0 Å². The van der Waals surface area contributed by atoms with Gasteiger partial charge in [0.25, 0.3) is 0 Å². The van der Waals surface area contributed by atoms with Crippen LogP contribution in [0.5, 0.6) is 5.75 Å². The highest BCUT2D eigenvalue weighted by atomic mass is 16.5. The van der Waals surface area contributed by atoms with E-state index in [0.29, 0.717) is 6.54 Å². The van der Waals surface area contributed by atoms with Crippen molar-refractivity contribution in [1.82, 2.24) is 19.8 Å². The van der Waals surface area contributed by atoms with Crippen molar-refractivity contribution < 1.29 is 9.53 Å². The molecule has 0 aliphatic carbocycles. The van der Waals surface area contributed by atoms with E-state index in [1.165, 1.54) is 11.1 Å². The first-order chi connectivity index (χ1) is 17.7. The highest BCUT2D eigenvalue weighted by Gasteiger charge is 2.26. The molecule has 1 aliphatic rings. The first kappa shape index (κ1) is 24.1. The van der Waals surface area contributed by atoms with Crippen LogP contribution in [0.1, 0.15) is 29.8 Å². The molecular formula is C30H34N4O2. The minimum atomic E-state index is 0.0222. The predicted octanol–water partition coefficient (Wildman–Crippen LogP) is 4.66. The molecule has 4 aromatic rings. The van der Waals surface area contributed by atoms with Gasteiger partial charge in [-0.05, 0) is 61.2 Å². The third-order valence-corrected chi connectivity index (χ3v) is 7.03. The molecule has 186 valence electrons. The standard InChI is InChI=1S/C30H34N4O2/c1-36-26-15-13-24(14-16-26)20-34-28-12-6-5-11-27(28)32-29(34)22-33-19-7-10-25(21-33)30(35)31-18-17-23-8-3-2-4-9-23/h2-6,8-9,11-16,25H,7,10,17-22H2,1H3,(H,31,35)/t25-/m1/s1. The molecule has 3 aromatic carbocycles. The van der Waals surface area contributed by atoms with Crippen molar-refractivity contribution >= 4 is 16.9 Å². The van der Waals surface area contributed by atoms with Crippen molar-refractivity contribution in [2.45, 2.75) is 32.4 Å². The van der Waals surface area contributed by atoms with Crippen LogP contribution in [0.3, 0.4) is 0 Å². The lowest BCUT2D eigenvalue weighted by molar-refractivity contribution is -0.126. The van der Waals surface area contributed by atoms with E-state index in [9.17, 15) is 4.79 Å². The molecule has 1 aliphatic heterocycles. The number of hydrogen-bond donors (Lipinski definition) is 1. The first-order valence-electron chi connectivity index (χ1n) is 12.8. The minimum Gasteiger partial charge on any atom is -0.497 e. The van der Waals surface area contributed by atoms with Crippen LogP contribution in [0.25, 0.3) is 11.0 Å². The summed E-state index contributed by atoms with van der Waals surface area (Å²) in [5.74, 6) is 2.09. The Balaban J connectivity index is 1.25. The summed E-state index contributed by atoms with van der Waals surface area (Å²) in [6, 6.07) is 26.8. The minimum absolute atomic E-state index is 0.0222. The molecule has 0 bridgehead atoms. The van der Waals surface area contributed by atoms with Gasteiger partial charge in [-0.25, -0.2) is 4.98 Å². The van der Waals surface area contributed by atoms with Crippen molar-refractivity contribution in [2.75, 3.05) is 26.7 Å². The number of nitrogens with zero attached hydrogens (tertiary/aromatic N) is 3. The average Bonchev–Trinajstić information content (AvgIpc) is 3.26. The fourth-order valence-corrected chi connectivity index (χ4v) is 5.07. The van der Waals surface area contributed by atoms with Crippen molar-refractivity contribution in [3.63, 3.8) is 0 Å². The molecular weight excluding hydrogens is 448 g/mol. The third kappa shape index (κ3) is 5.77. The number of nitrogens with one attached hydrogen (secondary N) is 1. The van der Waals surface area contributed by atoms with E-state index in [4.69, 9.17) is 9.72 Å². The predicted molar refractivity (Wildman–Crippen MR) is 143 cm³/mol. The van der Waals surface area contributed by atoms with E-state index in [1.807, 2.05) is 36.4 Å². The van der Waals surface area contributed by atoms with Gasteiger partial charge in [0.05, 0.1) is 30.6 Å². The number of piperidine rings is 1.